The maximum atomic E-state index is 3.48. The number of rotatable bonds is 8. The molecule has 1 aromatic heterocycles. The summed E-state index contributed by atoms with van der Waals surface area (Å²) < 4.78 is 0. The van der Waals surface area contributed by atoms with Crippen molar-refractivity contribution in [1.29, 1.82) is 0 Å². The molecule has 1 saturated heterocycles. The van der Waals surface area contributed by atoms with Gasteiger partial charge in [-0.2, -0.15) is 0 Å². The van der Waals surface area contributed by atoms with E-state index in [1.807, 2.05) is 11.3 Å². The van der Waals surface area contributed by atoms with Crippen molar-refractivity contribution in [2.75, 3.05) is 32.7 Å². The topological polar surface area (TPSA) is 18.5 Å². The van der Waals surface area contributed by atoms with Crippen LogP contribution in [0, 0.1) is 0 Å². The van der Waals surface area contributed by atoms with E-state index >= 15 is 0 Å². The largest absolute Gasteiger partial charge is 0.312 e. The Balaban J connectivity index is 1.73. The highest BCUT2D eigenvalue weighted by atomic mass is 32.1. The van der Waals surface area contributed by atoms with Gasteiger partial charge < -0.3 is 5.32 Å². The average Bonchev–Trinajstić information content (AvgIpc) is 2.95. The van der Waals surface area contributed by atoms with Crippen LogP contribution in [-0.4, -0.2) is 48.6 Å². The fourth-order valence-corrected chi connectivity index (χ4v) is 3.86. The molecule has 21 heavy (non-hydrogen) atoms. The van der Waals surface area contributed by atoms with Crippen LogP contribution in [0.4, 0.5) is 0 Å². The monoisotopic (exact) mass is 309 g/mol. The summed E-state index contributed by atoms with van der Waals surface area (Å²) in [6.45, 7) is 15.0. The molecule has 2 heterocycles. The predicted octanol–water partition coefficient (Wildman–Crippen LogP) is 3.16. The fraction of sp³-hybridized carbons (Fsp3) is 0.765. The van der Waals surface area contributed by atoms with E-state index in [4.69, 9.17) is 0 Å². The Morgan fingerprint density at radius 2 is 1.86 bits per heavy atom. The molecule has 1 aliphatic heterocycles. The van der Waals surface area contributed by atoms with Crippen molar-refractivity contribution in [3.8, 4) is 0 Å². The lowest BCUT2D eigenvalue weighted by Gasteiger charge is -2.37. The summed E-state index contributed by atoms with van der Waals surface area (Å²) in [4.78, 5) is 8.22. The molecule has 0 spiro atoms. The van der Waals surface area contributed by atoms with E-state index in [-0.39, 0.29) is 0 Å². The molecule has 2 rings (SSSR count). The van der Waals surface area contributed by atoms with Crippen LogP contribution >= 0.6 is 11.3 Å². The summed E-state index contributed by atoms with van der Waals surface area (Å²) in [7, 11) is 0. The third kappa shape index (κ3) is 5.37. The molecule has 1 aromatic rings. The summed E-state index contributed by atoms with van der Waals surface area (Å²) in [6, 6.07) is 5.34. The van der Waals surface area contributed by atoms with Gasteiger partial charge in [-0.15, -0.1) is 11.3 Å². The molecule has 1 unspecified atom stereocenters. The van der Waals surface area contributed by atoms with Gasteiger partial charge >= 0.3 is 0 Å². The highest BCUT2D eigenvalue weighted by molar-refractivity contribution is 7.11. The molecule has 4 heteroatoms. The summed E-state index contributed by atoms with van der Waals surface area (Å²) in [5.74, 6) is 0. The van der Waals surface area contributed by atoms with Gasteiger partial charge in [0, 0.05) is 55.1 Å². The quantitative estimate of drug-likeness (QED) is 0.744. The zero-order chi connectivity index (χ0) is 15.1. The zero-order valence-electron chi connectivity index (χ0n) is 13.9. The van der Waals surface area contributed by atoms with Gasteiger partial charge in [-0.25, -0.2) is 0 Å². The molecule has 0 aliphatic carbocycles. The van der Waals surface area contributed by atoms with E-state index in [1.54, 1.807) is 0 Å². The normalized spacial score (nSPS) is 19.0. The van der Waals surface area contributed by atoms with Gasteiger partial charge in [-0.1, -0.05) is 13.8 Å². The molecule has 1 N–H and O–H groups in total. The highest BCUT2D eigenvalue weighted by Gasteiger charge is 2.20. The van der Waals surface area contributed by atoms with Crippen molar-refractivity contribution in [2.24, 2.45) is 0 Å². The SMILES string of the molecule is CCCNCc1ccc(CN2CCN(C(C)CC)CC2)s1. The van der Waals surface area contributed by atoms with Crippen molar-refractivity contribution in [3.63, 3.8) is 0 Å². The van der Waals surface area contributed by atoms with Crippen LogP contribution in [0.2, 0.25) is 0 Å². The lowest BCUT2D eigenvalue weighted by atomic mass is 10.2. The molecule has 1 aliphatic rings. The van der Waals surface area contributed by atoms with Crippen LogP contribution in [0.3, 0.4) is 0 Å². The minimum Gasteiger partial charge on any atom is -0.312 e. The van der Waals surface area contributed by atoms with E-state index in [2.05, 4.69) is 48.0 Å². The fourth-order valence-electron chi connectivity index (χ4n) is 2.83. The molecular weight excluding hydrogens is 278 g/mol. The lowest BCUT2D eigenvalue weighted by molar-refractivity contribution is 0.0970. The molecule has 1 fully saturated rings. The van der Waals surface area contributed by atoms with Gasteiger partial charge in [0.05, 0.1) is 0 Å². The summed E-state index contributed by atoms with van der Waals surface area (Å²) in [5, 5.41) is 3.48. The third-order valence-corrected chi connectivity index (χ3v) is 5.51. The summed E-state index contributed by atoms with van der Waals surface area (Å²) in [6.07, 6.45) is 2.47. The van der Waals surface area contributed by atoms with E-state index in [0.29, 0.717) is 0 Å². The van der Waals surface area contributed by atoms with Crippen LogP contribution < -0.4 is 5.32 Å². The lowest BCUT2D eigenvalue weighted by Crippen LogP contribution is -2.48. The van der Waals surface area contributed by atoms with E-state index in [9.17, 15) is 0 Å². The van der Waals surface area contributed by atoms with Crippen molar-refractivity contribution >= 4 is 11.3 Å². The van der Waals surface area contributed by atoms with Gasteiger partial charge in [-0.3, -0.25) is 9.80 Å². The van der Waals surface area contributed by atoms with Crippen molar-refractivity contribution in [1.82, 2.24) is 15.1 Å². The molecule has 0 bridgehead atoms. The molecular formula is C17H31N3S. The van der Waals surface area contributed by atoms with E-state index in [0.717, 1.165) is 25.7 Å². The first-order valence-electron chi connectivity index (χ1n) is 8.47. The molecule has 0 radical (unpaired) electrons. The number of piperazine rings is 1. The Bertz CT molecular complexity index is 396. The van der Waals surface area contributed by atoms with Gasteiger partial charge in [0.2, 0.25) is 0 Å². The van der Waals surface area contributed by atoms with Crippen LogP contribution in [0.1, 0.15) is 43.4 Å². The second kappa shape index (κ2) is 8.89. The predicted molar refractivity (Wildman–Crippen MR) is 92.9 cm³/mol. The summed E-state index contributed by atoms with van der Waals surface area (Å²) in [5.41, 5.74) is 0. The first-order valence-corrected chi connectivity index (χ1v) is 9.29. The van der Waals surface area contributed by atoms with Crippen molar-refractivity contribution in [2.45, 2.75) is 52.7 Å². The molecule has 3 nitrogen and oxygen atoms in total. The highest BCUT2D eigenvalue weighted by Crippen LogP contribution is 2.19. The Hall–Kier alpha value is -0.420. The maximum absolute atomic E-state index is 3.48. The van der Waals surface area contributed by atoms with Crippen LogP contribution in [0.25, 0.3) is 0 Å². The molecule has 120 valence electrons. The summed E-state index contributed by atoms with van der Waals surface area (Å²) >= 11 is 1.97. The number of nitrogens with zero attached hydrogens (tertiary/aromatic N) is 2. The second-order valence-corrected chi connectivity index (χ2v) is 7.37. The molecule has 0 saturated carbocycles. The maximum Gasteiger partial charge on any atom is 0.0329 e. The van der Waals surface area contributed by atoms with Crippen LogP contribution in [0.5, 0.6) is 0 Å². The number of hydrogen-bond donors (Lipinski definition) is 1. The van der Waals surface area contributed by atoms with Crippen molar-refractivity contribution < 1.29 is 0 Å². The first kappa shape index (κ1) is 16.9. The molecule has 0 aromatic carbocycles. The number of thiophene rings is 1. The van der Waals surface area contributed by atoms with Gasteiger partial charge in [0.1, 0.15) is 0 Å². The number of hydrogen-bond acceptors (Lipinski definition) is 4. The number of nitrogens with one attached hydrogen (secondary N) is 1. The average molecular weight is 310 g/mol. The Morgan fingerprint density at radius 1 is 1.14 bits per heavy atom. The zero-order valence-corrected chi connectivity index (χ0v) is 14.7. The Morgan fingerprint density at radius 3 is 2.52 bits per heavy atom. The Kier molecular flexibility index (Phi) is 7.17. The van der Waals surface area contributed by atoms with E-state index < -0.39 is 0 Å². The van der Waals surface area contributed by atoms with E-state index in [1.165, 1.54) is 48.8 Å². The minimum absolute atomic E-state index is 0.741. The molecule has 0 amide bonds. The van der Waals surface area contributed by atoms with Crippen molar-refractivity contribution in [3.05, 3.63) is 21.9 Å². The minimum atomic E-state index is 0.741. The van der Waals surface area contributed by atoms with Gasteiger partial charge in [-0.05, 0) is 38.4 Å². The van der Waals surface area contributed by atoms with Gasteiger partial charge in [0.15, 0.2) is 0 Å². The standard InChI is InChI=1S/C17H31N3S/c1-4-8-18-13-16-6-7-17(21-16)14-19-9-11-20(12-10-19)15(3)5-2/h6-7,15,18H,4-5,8-14H2,1-3H3. The van der Waals surface area contributed by atoms with Gasteiger partial charge in [0.25, 0.3) is 0 Å². The first-order chi connectivity index (χ1) is 10.2. The van der Waals surface area contributed by atoms with Crippen LogP contribution in [0.15, 0.2) is 12.1 Å². The Labute approximate surface area is 134 Å². The second-order valence-electron chi connectivity index (χ2n) is 6.11. The third-order valence-electron chi connectivity index (χ3n) is 4.44. The molecule has 1 atom stereocenters. The van der Waals surface area contributed by atoms with Crippen LogP contribution in [-0.2, 0) is 13.1 Å². The smallest absolute Gasteiger partial charge is 0.0329 e.